The van der Waals surface area contributed by atoms with Gasteiger partial charge in [0.25, 0.3) is 0 Å². The van der Waals surface area contributed by atoms with E-state index in [1.165, 1.54) is 0 Å². The average molecular weight is 1350 g/mol. The quantitative estimate of drug-likeness (QED) is 0.0378. The van der Waals surface area contributed by atoms with Gasteiger partial charge in [-0.05, 0) is 140 Å². The van der Waals surface area contributed by atoms with E-state index in [2.05, 4.69) is 71.6 Å². The molecular weight excluding hydrogens is 1180 g/mol. The first kappa shape index (κ1) is 161. The Morgan fingerprint density at radius 2 is 0.315 bits per heavy atom. The monoisotopic (exact) mass is 1350 g/mol. The van der Waals surface area contributed by atoms with Crippen molar-refractivity contribution < 1.29 is 76.3 Å². The molecule has 0 amide bonds. The van der Waals surface area contributed by atoms with Gasteiger partial charge in [-0.15, -0.1) is 0 Å². The lowest BCUT2D eigenvalue weighted by atomic mass is 10.4. The Morgan fingerprint density at radius 3 is 0.380 bits per heavy atom. The molecule has 24 heteroatoms. The predicted octanol–water partition coefficient (Wildman–Crippen LogP) is 13.6. The minimum Gasteiger partial charge on any atom is -0.446 e. The van der Waals surface area contributed by atoms with Crippen molar-refractivity contribution in [3.8, 4) is 0 Å². The molecule has 568 valence electrons. The van der Waals surface area contributed by atoms with Crippen molar-refractivity contribution in [1.82, 2.24) is 39.2 Å². The number of ether oxygens (including phenoxy) is 8. The molecule has 0 fully saturated rings. The first-order chi connectivity index (χ1) is 34.8. The van der Waals surface area contributed by atoms with E-state index in [1.807, 2.05) is 113 Å². The summed E-state index contributed by atoms with van der Waals surface area (Å²) < 4.78 is 37.5. The normalized spacial score (nSPS) is 7.78. The van der Waals surface area contributed by atoms with Crippen LogP contribution in [0.1, 0.15) is 147 Å². The SMILES string of the molecule is C.C.C.C.C.C.C.C.C.C.C.C.C.C.C.C.C=C(C)C(=O)OCN(C)C.C=C(C)C(=O)OCN(C)C.C=C(C)C(=O)OCN(C)C.C=C(C)C(=O)OCN(C)C.C=CC(=O)OCN(C)C.C=CC(=O)OCN(C)C.C=CC(=O)OCN(C)C.C=CC(=O)OCN(C)C. The summed E-state index contributed by atoms with van der Waals surface area (Å²) in [7, 11) is 29.1. The molecular formula is C68H160N8O16. The molecule has 0 bridgehead atoms. The summed E-state index contributed by atoms with van der Waals surface area (Å²) in [5, 5.41) is 0. The zero-order valence-electron chi connectivity index (χ0n) is 49.7. The standard InChI is InChI=1S/4C7H13NO2.4C6H11NO2.16CH4/c4*1-6(2)7(9)10-5-8(3)4;4*1-4-6(8)9-5-7(2)3;;;;;;;;;;;;;;;;/h4*1,5H2,2-4H3;4*4H,1,5H2,2-3H3;16*1H4. The molecule has 0 atom stereocenters. The Bertz CT molecular complexity index is 1500. The first-order valence-electron chi connectivity index (χ1n) is 22.5. The second-order valence-electron chi connectivity index (χ2n) is 17.2. The van der Waals surface area contributed by atoms with E-state index in [9.17, 15) is 38.4 Å². The lowest BCUT2D eigenvalue weighted by Gasteiger charge is -2.09. The third kappa shape index (κ3) is 172. The van der Waals surface area contributed by atoms with Crippen LogP contribution < -0.4 is 0 Å². The molecule has 0 saturated carbocycles. The molecule has 0 aliphatic carbocycles. The number of carbonyl (C=O) groups excluding carboxylic acids is 8. The van der Waals surface area contributed by atoms with Gasteiger partial charge >= 0.3 is 47.8 Å². The molecule has 0 radical (unpaired) electrons. The molecule has 0 aliphatic rings. The molecule has 0 aromatic heterocycles. The Kier molecular flexibility index (Phi) is 191. The van der Waals surface area contributed by atoms with Crippen LogP contribution in [0.4, 0.5) is 0 Å². The fourth-order valence-electron chi connectivity index (χ4n) is 2.25. The zero-order valence-corrected chi connectivity index (χ0v) is 49.7. The van der Waals surface area contributed by atoms with Gasteiger partial charge in [-0.2, -0.15) is 0 Å². The van der Waals surface area contributed by atoms with Crippen LogP contribution in [0, 0.1) is 0 Å². The fraction of sp³-hybridized carbons (Fsp3) is 0.647. The van der Waals surface area contributed by atoms with Crippen LogP contribution in [-0.4, -0.2) is 254 Å². The minimum absolute atomic E-state index is 0. The summed E-state index contributed by atoms with van der Waals surface area (Å²) in [5.74, 6) is -2.90. The van der Waals surface area contributed by atoms with Crippen LogP contribution in [0.25, 0.3) is 0 Å². The first-order valence-corrected chi connectivity index (χ1v) is 22.5. The maximum Gasteiger partial charge on any atom is 0.334 e. The van der Waals surface area contributed by atoms with Crippen molar-refractivity contribution in [2.45, 2.75) is 147 Å². The summed E-state index contributed by atoms with van der Waals surface area (Å²) in [6.45, 7) is 35.7. The van der Waals surface area contributed by atoms with Crippen LogP contribution in [0.3, 0.4) is 0 Å². The van der Waals surface area contributed by atoms with Gasteiger partial charge in [0.1, 0.15) is 53.8 Å². The summed E-state index contributed by atoms with van der Waals surface area (Å²) in [6, 6.07) is 0. The molecule has 0 heterocycles. The van der Waals surface area contributed by atoms with Crippen LogP contribution in [-0.2, 0) is 76.3 Å². The van der Waals surface area contributed by atoms with Crippen molar-refractivity contribution >= 4 is 47.8 Å². The Hall–Kier alpha value is -6.64. The van der Waals surface area contributed by atoms with E-state index in [-0.39, 0.29) is 167 Å². The van der Waals surface area contributed by atoms with Gasteiger partial charge < -0.3 is 37.9 Å². The van der Waals surface area contributed by atoms with E-state index in [1.54, 1.807) is 66.9 Å². The van der Waals surface area contributed by atoms with Gasteiger partial charge in [0.15, 0.2) is 0 Å². The number of hydrogen-bond donors (Lipinski definition) is 0. The van der Waals surface area contributed by atoms with Gasteiger partial charge in [0.2, 0.25) is 0 Å². The topological polar surface area (TPSA) is 236 Å². The highest BCUT2D eigenvalue weighted by Gasteiger charge is 2.05. The van der Waals surface area contributed by atoms with Gasteiger partial charge in [0, 0.05) is 46.6 Å². The van der Waals surface area contributed by atoms with Crippen LogP contribution in [0.5, 0.6) is 0 Å². The van der Waals surface area contributed by atoms with Gasteiger partial charge in [-0.1, -0.05) is 171 Å². The number of hydrogen-bond acceptors (Lipinski definition) is 24. The lowest BCUT2D eigenvalue weighted by molar-refractivity contribution is -0.143. The maximum absolute atomic E-state index is 10.7. The van der Waals surface area contributed by atoms with Crippen molar-refractivity contribution in [2.24, 2.45) is 0 Å². The molecule has 0 unspecified atom stereocenters. The van der Waals surface area contributed by atoms with Gasteiger partial charge in [-0.25, -0.2) is 38.4 Å². The predicted molar refractivity (Wildman–Crippen MR) is 405 cm³/mol. The number of esters is 8. The fourth-order valence-corrected chi connectivity index (χ4v) is 2.25. The van der Waals surface area contributed by atoms with E-state index in [0.29, 0.717) is 76.1 Å². The van der Waals surface area contributed by atoms with Crippen molar-refractivity contribution in [3.05, 3.63) is 99.2 Å². The van der Waals surface area contributed by atoms with Gasteiger partial charge in [0.05, 0.1) is 0 Å². The van der Waals surface area contributed by atoms with E-state index >= 15 is 0 Å². The highest BCUT2D eigenvalue weighted by atomic mass is 16.6. The molecule has 0 rings (SSSR count). The third-order valence-electron chi connectivity index (χ3n) is 5.74. The lowest BCUT2D eigenvalue weighted by Crippen LogP contribution is -2.19. The Labute approximate surface area is 573 Å². The molecule has 24 nitrogen and oxygen atoms in total. The molecule has 0 aromatic rings. The molecule has 0 aliphatic heterocycles. The number of rotatable bonds is 24. The average Bonchev–Trinajstić information content (AvgIpc) is 3.33. The van der Waals surface area contributed by atoms with Crippen LogP contribution in [0.15, 0.2) is 99.2 Å². The van der Waals surface area contributed by atoms with Crippen molar-refractivity contribution in [3.63, 3.8) is 0 Å². The van der Waals surface area contributed by atoms with Crippen LogP contribution >= 0.6 is 0 Å². The zero-order chi connectivity index (χ0) is 61.7. The summed E-state index contributed by atoms with van der Waals surface area (Å²) >= 11 is 0. The van der Waals surface area contributed by atoms with Crippen molar-refractivity contribution in [2.75, 3.05) is 167 Å². The largest absolute Gasteiger partial charge is 0.446 e. The third-order valence-corrected chi connectivity index (χ3v) is 5.74. The summed E-state index contributed by atoms with van der Waals surface area (Å²) in [6.07, 6.45) is 4.57. The molecule has 0 aromatic carbocycles. The molecule has 0 N–H and O–H groups in total. The highest BCUT2D eigenvalue weighted by molar-refractivity contribution is 5.88. The number of carbonyl (C=O) groups is 8. The molecule has 0 spiro atoms. The second-order valence-corrected chi connectivity index (χ2v) is 17.2. The minimum atomic E-state index is -0.385. The maximum atomic E-state index is 10.7. The molecule has 0 saturated heterocycles. The second kappa shape index (κ2) is 109. The van der Waals surface area contributed by atoms with Crippen molar-refractivity contribution in [1.29, 1.82) is 0 Å². The van der Waals surface area contributed by atoms with E-state index in [4.69, 9.17) is 18.9 Å². The number of nitrogens with zero attached hydrogens (tertiary/aromatic N) is 8. The van der Waals surface area contributed by atoms with E-state index in [0.717, 1.165) is 24.3 Å². The highest BCUT2D eigenvalue weighted by Crippen LogP contribution is 1.94. The Balaban J connectivity index is -0.0000000255. The Morgan fingerprint density at radius 1 is 0.228 bits per heavy atom. The summed E-state index contributed by atoms with van der Waals surface area (Å²) in [4.78, 5) is 98.3. The smallest absolute Gasteiger partial charge is 0.334 e. The van der Waals surface area contributed by atoms with E-state index < -0.39 is 0 Å². The molecule has 92 heavy (non-hydrogen) atoms. The van der Waals surface area contributed by atoms with Gasteiger partial charge in [-0.3, -0.25) is 39.2 Å². The summed E-state index contributed by atoms with van der Waals surface area (Å²) in [5.41, 5.74) is 1.73. The van der Waals surface area contributed by atoms with Crippen LogP contribution in [0.2, 0.25) is 0 Å².